The zero-order chi connectivity index (χ0) is 12.4. The number of hydrogen-bond donors (Lipinski definition) is 1. The van der Waals surface area contributed by atoms with Crippen LogP contribution in [0.3, 0.4) is 0 Å². The van der Waals surface area contributed by atoms with E-state index in [2.05, 4.69) is 18.2 Å². The van der Waals surface area contributed by atoms with E-state index in [-0.39, 0.29) is 5.92 Å². The fourth-order valence-corrected chi connectivity index (χ4v) is 3.21. The van der Waals surface area contributed by atoms with Gasteiger partial charge in [0.2, 0.25) is 0 Å². The van der Waals surface area contributed by atoms with E-state index in [0.717, 1.165) is 10.5 Å². The van der Waals surface area contributed by atoms with Crippen molar-refractivity contribution in [3.05, 3.63) is 65.2 Å². The summed E-state index contributed by atoms with van der Waals surface area (Å²) < 4.78 is 1.22. The average molecular weight is 254 g/mol. The van der Waals surface area contributed by atoms with Crippen molar-refractivity contribution in [3.63, 3.8) is 0 Å². The van der Waals surface area contributed by atoms with Crippen molar-refractivity contribution in [1.82, 2.24) is 4.98 Å². The van der Waals surface area contributed by atoms with Gasteiger partial charge in [-0.25, -0.2) is 4.98 Å². The van der Waals surface area contributed by atoms with Crippen LogP contribution < -0.4 is 5.73 Å². The van der Waals surface area contributed by atoms with Crippen LogP contribution in [0.1, 0.15) is 16.5 Å². The van der Waals surface area contributed by atoms with Gasteiger partial charge in [0.15, 0.2) is 0 Å². The third-order valence-electron chi connectivity index (χ3n) is 3.05. The van der Waals surface area contributed by atoms with Gasteiger partial charge in [0, 0.05) is 12.5 Å². The second-order valence-corrected chi connectivity index (χ2v) is 5.28. The van der Waals surface area contributed by atoms with Gasteiger partial charge in [-0.05, 0) is 17.7 Å². The molecule has 0 saturated heterocycles. The highest BCUT2D eigenvalue weighted by Crippen LogP contribution is 2.30. The Labute approximate surface area is 110 Å². The molecule has 0 aliphatic carbocycles. The van der Waals surface area contributed by atoms with E-state index in [0.29, 0.717) is 6.54 Å². The van der Waals surface area contributed by atoms with Gasteiger partial charge in [-0.3, -0.25) is 0 Å². The standard InChI is InChI=1S/C15H14N2S/c16-10-12(11-6-2-1-3-7-11)15-17-13-8-4-5-9-14(13)18-15/h1-9,12H,10,16H2. The molecule has 0 amide bonds. The number of fused-ring (bicyclic) bond motifs is 1. The highest BCUT2D eigenvalue weighted by Gasteiger charge is 2.16. The van der Waals surface area contributed by atoms with Crippen molar-refractivity contribution in [2.75, 3.05) is 6.54 Å². The van der Waals surface area contributed by atoms with E-state index in [9.17, 15) is 0 Å². The molecule has 18 heavy (non-hydrogen) atoms. The highest BCUT2D eigenvalue weighted by atomic mass is 32.1. The lowest BCUT2D eigenvalue weighted by Crippen LogP contribution is -2.13. The summed E-state index contributed by atoms with van der Waals surface area (Å²) in [5.74, 6) is 0.198. The number of thiazole rings is 1. The molecule has 0 saturated carbocycles. The minimum atomic E-state index is 0.198. The Bertz CT molecular complexity index is 613. The third kappa shape index (κ3) is 2.03. The number of para-hydroxylation sites is 1. The lowest BCUT2D eigenvalue weighted by Gasteiger charge is -2.11. The van der Waals surface area contributed by atoms with Gasteiger partial charge in [-0.15, -0.1) is 11.3 Å². The Balaban J connectivity index is 2.06. The molecule has 0 radical (unpaired) electrons. The smallest absolute Gasteiger partial charge is 0.103 e. The molecular weight excluding hydrogens is 240 g/mol. The molecule has 0 fully saturated rings. The summed E-state index contributed by atoms with van der Waals surface area (Å²) in [6.07, 6.45) is 0. The Morgan fingerprint density at radius 2 is 1.72 bits per heavy atom. The molecule has 2 nitrogen and oxygen atoms in total. The minimum Gasteiger partial charge on any atom is -0.329 e. The van der Waals surface area contributed by atoms with Crippen LogP contribution in [-0.4, -0.2) is 11.5 Å². The van der Waals surface area contributed by atoms with Gasteiger partial charge >= 0.3 is 0 Å². The molecule has 0 aliphatic heterocycles. The van der Waals surface area contributed by atoms with Crippen molar-refractivity contribution in [2.45, 2.75) is 5.92 Å². The maximum Gasteiger partial charge on any atom is 0.103 e. The predicted octanol–water partition coefficient (Wildman–Crippen LogP) is 3.39. The van der Waals surface area contributed by atoms with Crippen molar-refractivity contribution < 1.29 is 0 Å². The van der Waals surface area contributed by atoms with Gasteiger partial charge < -0.3 is 5.73 Å². The fourth-order valence-electron chi connectivity index (χ4n) is 2.10. The van der Waals surface area contributed by atoms with Crippen LogP contribution in [0.2, 0.25) is 0 Å². The maximum atomic E-state index is 5.93. The van der Waals surface area contributed by atoms with Crippen LogP contribution >= 0.6 is 11.3 Å². The van der Waals surface area contributed by atoms with Gasteiger partial charge in [0.25, 0.3) is 0 Å². The molecule has 0 bridgehead atoms. The van der Waals surface area contributed by atoms with E-state index >= 15 is 0 Å². The molecule has 1 aromatic heterocycles. The molecule has 0 aliphatic rings. The molecule has 2 aromatic carbocycles. The second-order valence-electron chi connectivity index (χ2n) is 4.22. The first-order chi connectivity index (χ1) is 8.88. The quantitative estimate of drug-likeness (QED) is 0.778. The fraction of sp³-hybridized carbons (Fsp3) is 0.133. The third-order valence-corrected chi connectivity index (χ3v) is 4.20. The number of nitrogens with zero attached hydrogens (tertiary/aromatic N) is 1. The number of nitrogens with two attached hydrogens (primary N) is 1. The number of benzene rings is 2. The van der Waals surface area contributed by atoms with Gasteiger partial charge in [-0.1, -0.05) is 42.5 Å². The maximum absolute atomic E-state index is 5.93. The second kappa shape index (κ2) is 4.88. The highest BCUT2D eigenvalue weighted by molar-refractivity contribution is 7.18. The number of hydrogen-bond acceptors (Lipinski definition) is 3. The topological polar surface area (TPSA) is 38.9 Å². The lowest BCUT2D eigenvalue weighted by atomic mass is 10.0. The Kier molecular flexibility index (Phi) is 3.09. The van der Waals surface area contributed by atoms with E-state index < -0.39 is 0 Å². The summed E-state index contributed by atoms with van der Waals surface area (Å²) in [4.78, 5) is 4.70. The number of aromatic nitrogens is 1. The molecule has 3 aromatic rings. The van der Waals surface area contributed by atoms with Crippen molar-refractivity contribution in [3.8, 4) is 0 Å². The van der Waals surface area contributed by atoms with E-state index in [4.69, 9.17) is 10.7 Å². The summed E-state index contributed by atoms with van der Waals surface area (Å²) in [6.45, 7) is 0.587. The Morgan fingerprint density at radius 3 is 2.44 bits per heavy atom. The first-order valence-electron chi connectivity index (χ1n) is 5.99. The molecule has 90 valence electrons. The molecule has 1 unspecified atom stereocenters. The normalized spacial score (nSPS) is 12.7. The van der Waals surface area contributed by atoms with E-state index in [1.54, 1.807) is 11.3 Å². The lowest BCUT2D eigenvalue weighted by molar-refractivity contribution is 0.812. The van der Waals surface area contributed by atoms with Crippen molar-refractivity contribution in [1.29, 1.82) is 0 Å². The van der Waals surface area contributed by atoms with Crippen molar-refractivity contribution in [2.24, 2.45) is 5.73 Å². The molecule has 0 spiro atoms. The molecular formula is C15H14N2S. The first-order valence-corrected chi connectivity index (χ1v) is 6.80. The van der Waals surface area contributed by atoms with Crippen LogP contribution in [0.15, 0.2) is 54.6 Å². The molecule has 3 heteroatoms. The zero-order valence-electron chi connectivity index (χ0n) is 9.91. The summed E-state index contributed by atoms with van der Waals surface area (Å²) in [5, 5.41) is 1.10. The van der Waals surface area contributed by atoms with Crippen LogP contribution in [0.4, 0.5) is 0 Å². The summed E-state index contributed by atoms with van der Waals surface area (Å²) in [7, 11) is 0. The average Bonchev–Trinajstić information content (AvgIpc) is 2.84. The zero-order valence-corrected chi connectivity index (χ0v) is 10.7. The summed E-state index contributed by atoms with van der Waals surface area (Å²) in [5.41, 5.74) is 8.22. The monoisotopic (exact) mass is 254 g/mol. The van der Waals surface area contributed by atoms with Crippen LogP contribution in [0, 0.1) is 0 Å². The Hall–Kier alpha value is -1.71. The number of rotatable bonds is 3. The SMILES string of the molecule is NCC(c1ccccc1)c1nc2ccccc2s1. The predicted molar refractivity (Wildman–Crippen MR) is 77.0 cm³/mol. The van der Waals surface area contributed by atoms with Crippen molar-refractivity contribution >= 4 is 21.6 Å². The van der Waals surface area contributed by atoms with Crippen LogP contribution in [-0.2, 0) is 0 Å². The molecule has 1 heterocycles. The largest absolute Gasteiger partial charge is 0.329 e. The van der Waals surface area contributed by atoms with Gasteiger partial charge in [-0.2, -0.15) is 0 Å². The molecule has 1 atom stereocenters. The van der Waals surface area contributed by atoms with Gasteiger partial charge in [0.05, 0.1) is 10.2 Å². The first kappa shape index (κ1) is 11.4. The molecule has 2 N–H and O–H groups in total. The van der Waals surface area contributed by atoms with Crippen LogP contribution in [0.5, 0.6) is 0 Å². The summed E-state index contributed by atoms with van der Waals surface area (Å²) >= 11 is 1.73. The Morgan fingerprint density at radius 1 is 1.00 bits per heavy atom. The van der Waals surface area contributed by atoms with E-state index in [1.807, 2.05) is 36.4 Å². The molecule has 3 rings (SSSR count). The van der Waals surface area contributed by atoms with E-state index in [1.165, 1.54) is 10.3 Å². The van der Waals surface area contributed by atoms with Gasteiger partial charge in [0.1, 0.15) is 5.01 Å². The summed E-state index contributed by atoms with van der Waals surface area (Å²) in [6, 6.07) is 18.6. The minimum absolute atomic E-state index is 0.198. The van der Waals surface area contributed by atoms with Crippen LogP contribution in [0.25, 0.3) is 10.2 Å².